The lowest BCUT2D eigenvalue weighted by Gasteiger charge is -2.19. The van der Waals surface area contributed by atoms with Crippen molar-refractivity contribution in [2.24, 2.45) is 11.7 Å². The number of para-hydroxylation sites is 2. The van der Waals surface area contributed by atoms with Crippen LogP contribution in [0.4, 0.5) is 5.69 Å². The van der Waals surface area contributed by atoms with Crippen LogP contribution in [0, 0.1) is 5.92 Å². The first-order valence-corrected chi connectivity index (χ1v) is 8.99. The molecule has 3 N–H and O–H groups in total. The van der Waals surface area contributed by atoms with Gasteiger partial charge in [0.25, 0.3) is 0 Å². The lowest BCUT2D eigenvalue weighted by molar-refractivity contribution is -0.117. The zero-order chi connectivity index (χ0) is 17.6. The number of amides is 1. The van der Waals surface area contributed by atoms with E-state index in [0.717, 1.165) is 24.8 Å². The SMILES string of the molecule is CC(Oc1ccccc1NC(=O)C[C@@H]1CCC[C@H]1N)c1ccccc1.Cl. The summed E-state index contributed by atoms with van der Waals surface area (Å²) in [6, 6.07) is 17.8. The lowest BCUT2D eigenvalue weighted by Crippen LogP contribution is -2.28. The molecular weight excluding hydrogens is 348 g/mol. The highest BCUT2D eigenvalue weighted by molar-refractivity contribution is 5.92. The topological polar surface area (TPSA) is 64.3 Å². The highest BCUT2D eigenvalue weighted by Gasteiger charge is 2.26. The van der Waals surface area contributed by atoms with Gasteiger partial charge >= 0.3 is 0 Å². The molecule has 2 aromatic carbocycles. The maximum absolute atomic E-state index is 12.4. The van der Waals surface area contributed by atoms with Crippen LogP contribution in [0.3, 0.4) is 0 Å². The summed E-state index contributed by atoms with van der Waals surface area (Å²) < 4.78 is 6.08. The molecule has 26 heavy (non-hydrogen) atoms. The molecule has 1 saturated carbocycles. The smallest absolute Gasteiger partial charge is 0.224 e. The van der Waals surface area contributed by atoms with Gasteiger partial charge in [-0.3, -0.25) is 4.79 Å². The Kier molecular flexibility index (Phi) is 7.49. The van der Waals surface area contributed by atoms with E-state index in [1.54, 1.807) is 0 Å². The second-order valence-corrected chi connectivity index (χ2v) is 6.77. The third kappa shape index (κ3) is 5.23. The second-order valence-electron chi connectivity index (χ2n) is 6.77. The summed E-state index contributed by atoms with van der Waals surface area (Å²) in [4.78, 5) is 12.4. The first kappa shape index (κ1) is 20.3. The van der Waals surface area contributed by atoms with Crippen LogP contribution in [0.25, 0.3) is 0 Å². The summed E-state index contributed by atoms with van der Waals surface area (Å²) in [6.07, 6.45) is 3.56. The van der Waals surface area contributed by atoms with Gasteiger partial charge in [0.2, 0.25) is 5.91 Å². The molecule has 1 aliphatic carbocycles. The van der Waals surface area contributed by atoms with Gasteiger partial charge in [0.05, 0.1) is 5.69 Å². The molecule has 0 radical (unpaired) electrons. The Morgan fingerprint density at radius 1 is 1.15 bits per heavy atom. The Bertz CT molecular complexity index is 708. The number of carbonyl (C=O) groups excluding carboxylic acids is 1. The molecule has 0 spiro atoms. The highest BCUT2D eigenvalue weighted by atomic mass is 35.5. The van der Waals surface area contributed by atoms with Crippen molar-refractivity contribution in [3.8, 4) is 5.75 Å². The number of benzene rings is 2. The van der Waals surface area contributed by atoms with Gasteiger partial charge in [-0.1, -0.05) is 48.9 Å². The average Bonchev–Trinajstić information content (AvgIpc) is 3.02. The van der Waals surface area contributed by atoms with Crippen molar-refractivity contribution in [2.75, 3.05) is 5.32 Å². The Balaban J connectivity index is 0.00000243. The Labute approximate surface area is 161 Å². The van der Waals surface area contributed by atoms with Crippen molar-refractivity contribution < 1.29 is 9.53 Å². The molecule has 2 aromatic rings. The number of halogens is 1. The highest BCUT2D eigenvalue weighted by Crippen LogP contribution is 2.31. The normalized spacial score (nSPS) is 20.1. The number of nitrogens with two attached hydrogens (primary N) is 1. The molecule has 5 heteroatoms. The van der Waals surface area contributed by atoms with Crippen molar-refractivity contribution in [3.05, 3.63) is 60.2 Å². The van der Waals surface area contributed by atoms with Crippen LogP contribution < -0.4 is 15.8 Å². The van der Waals surface area contributed by atoms with Crippen LogP contribution in [0.5, 0.6) is 5.75 Å². The fourth-order valence-corrected chi connectivity index (χ4v) is 3.41. The van der Waals surface area contributed by atoms with Crippen LogP contribution in [-0.2, 0) is 4.79 Å². The lowest BCUT2D eigenvalue weighted by atomic mass is 10.00. The molecule has 0 aromatic heterocycles. The molecule has 1 fully saturated rings. The molecule has 1 amide bonds. The van der Waals surface area contributed by atoms with Gasteiger partial charge in [0, 0.05) is 12.5 Å². The average molecular weight is 375 g/mol. The fourth-order valence-electron chi connectivity index (χ4n) is 3.41. The van der Waals surface area contributed by atoms with Gasteiger partial charge in [0.1, 0.15) is 11.9 Å². The zero-order valence-electron chi connectivity index (χ0n) is 15.1. The van der Waals surface area contributed by atoms with Gasteiger partial charge < -0.3 is 15.8 Å². The molecular formula is C21H27ClN2O2. The minimum Gasteiger partial charge on any atom is -0.484 e. The minimum absolute atomic E-state index is 0. The Hall–Kier alpha value is -2.04. The van der Waals surface area contributed by atoms with E-state index in [1.165, 1.54) is 0 Å². The van der Waals surface area contributed by atoms with E-state index in [2.05, 4.69) is 5.32 Å². The summed E-state index contributed by atoms with van der Waals surface area (Å²) in [5.41, 5.74) is 7.88. The molecule has 0 bridgehead atoms. The van der Waals surface area contributed by atoms with E-state index in [0.29, 0.717) is 17.9 Å². The van der Waals surface area contributed by atoms with E-state index in [1.807, 2.05) is 61.5 Å². The van der Waals surface area contributed by atoms with Gasteiger partial charge in [-0.2, -0.15) is 0 Å². The molecule has 3 rings (SSSR count). The molecule has 4 nitrogen and oxygen atoms in total. The summed E-state index contributed by atoms with van der Waals surface area (Å²) in [6.45, 7) is 2.01. The number of ether oxygens (including phenoxy) is 1. The monoisotopic (exact) mass is 374 g/mol. The number of carbonyl (C=O) groups is 1. The number of hydrogen-bond acceptors (Lipinski definition) is 3. The second kappa shape index (κ2) is 9.60. The summed E-state index contributed by atoms with van der Waals surface area (Å²) >= 11 is 0. The third-order valence-corrected chi connectivity index (χ3v) is 4.90. The third-order valence-electron chi connectivity index (χ3n) is 4.90. The Morgan fingerprint density at radius 3 is 2.54 bits per heavy atom. The van der Waals surface area contributed by atoms with Crippen LogP contribution >= 0.6 is 12.4 Å². The van der Waals surface area contributed by atoms with E-state index in [4.69, 9.17) is 10.5 Å². The molecule has 1 aliphatic rings. The zero-order valence-corrected chi connectivity index (χ0v) is 15.9. The Morgan fingerprint density at radius 2 is 1.85 bits per heavy atom. The van der Waals surface area contributed by atoms with Gasteiger partial charge in [0.15, 0.2) is 0 Å². The van der Waals surface area contributed by atoms with Crippen LogP contribution in [0.1, 0.15) is 44.3 Å². The van der Waals surface area contributed by atoms with Crippen LogP contribution in [0.15, 0.2) is 54.6 Å². The number of hydrogen-bond donors (Lipinski definition) is 2. The van der Waals surface area contributed by atoms with E-state index >= 15 is 0 Å². The molecule has 3 atom stereocenters. The van der Waals surface area contributed by atoms with Gasteiger partial charge in [-0.25, -0.2) is 0 Å². The molecule has 0 aliphatic heterocycles. The maximum Gasteiger partial charge on any atom is 0.224 e. The van der Waals surface area contributed by atoms with Gasteiger partial charge in [-0.05, 0) is 43.4 Å². The number of anilines is 1. The van der Waals surface area contributed by atoms with Crippen molar-refractivity contribution in [2.45, 2.75) is 44.8 Å². The first-order chi connectivity index (χ1) is 12.1. The standard InChI is InChI=1S/C21H26N2O2.ClH/c1-15(16-8-3-2-4-9-16)25-20-13-6-5-12-19(20)23-21(24)14-17-10-7-11-18(17)22;/h2-6,8-9,12-13,15,17-18H,7,10-11,14,22H2,1H3,(H,23,24);1H/t15?,17-,18+;/m0./s1. The molecule has 1 unspecified atom stereocenters. The van der Waals surface area contributed by atoms with E-state index < -0.39 is 0 Å². The quantitative estimate of drug-likeness (QED) is 0.769. The van der Waals surface area contributed by atoms with Gasteiger partial charge in [-0.15, -0.1) is 12.4 Å². The minimum atomic E-state index is -0.0949. The largest absolute Gasteiger partial charge is 0.484 e. The van der Waals surface area contributed by atoms with Crippen molar-refractivity contribution >= 4 is 24.0 Å². The van der Waals surface area contributed by atoms with Crippen LogP contribution in [-0.4, -0.2) is 11.9 Å². The molecule has 0 heterocycles. The number of nitrogens with one attached hydrogen (secondary N) is 1. The first-order valence-electron chi connectivity index (χ1n) is 8.99. The van der Waals surface area contributed by atoms with E-state index in [-0.39, 0.29) is 36.4 Å². The molecule has 140 valence electrons. The number of rotatable bonds is 6. The predicted octanol–water partition coefficient (Wildman–Crippen LogP) is 4.70. The maximum atomic E-state index is 12.4. The van der Waals surface area contributed by atoms with Crippen molar-refractivity contribution in [1.29, 1.82) is 0 Å². The summed E-state index contributed by atoms with van der Waals surface area (Å²) in [5.74, 6) is 0.977. The summed E-state index contributed by atoms with van der Waals surface area (Å²) in [7, 11) is 0. The van der Waals surface area contributed by atoms with Crippen molar-refractivity contribution in [1.82, 2.24) is 0 Å². The fraction of sp³-hybridized carbons (Fsp3) is 0.381. The van der Waals surface area contributed by atoms with Crippen molar-refractivity contribution in [3.63, 3.8) is 0 Å². The van der Waals surface area contributed by atoms with E-state index in [9.17, 15) is 4.79 Å². The van der Waals surface area contributed by atoms with Crippen LogP contribution in [0.2, 0.25) is 0 Å². The summed E-state index contributed by atoms with van der Waals surface area (Å²) in [5, 5.41) is 3.00. The predicted molar refractivity (Wildman–Crippen MR) is 108 cm³/mol. The molecule has 0 saturated heterocycles.